The number of furan rings is 1. The van der Waals surface area contributed by atoms with Crippen LogP contribution in [-0.4, -0.2) is 6.29 Å². The fraction of sp³-hybridized carbons (Fsp3) is 0.444. The molecule has 0 radical (unpaired) electrons. The summed E-state index contributed by atoms with van der Waals surface area (Å²) < 4.78 is 5.23. The summed E-state index contributed by atoms with van der Waals surface area (Å²) in [6.07, 6.45) is 0.718. The Kier molecular flexibility index (Phi) is 1.85. The van der Waals surface area contributed by atoms with Crippen LogP contribution >= 0.6 is 0 Å². The molecule has 0 aliphatic rings. The Morgan fingerprint density at radius 2 is 2.00 bits per heavy atom. The molecule has 0 aliphatic carbocycles. The van der Waals surface area contributed by atoms with Gasteiger partial charge in [-0.15, -0.1) is 0 Å². The molecule has 0 unspecified atom stereocenters. The molecule has 0 saturated heterocycles. The molecule has 0 saturated carbocycles. The summed E-state index contributed by atoms with van der Waals surface area (Å²) in [5.74, 6) is 1.24. The van der Waals surface area contributed by atoms with Crippen LogP contribution in [0.1, 0.15) is 37.1 Å². The Bertz CT molecular complexity index is 253. The minimum absolute atomic E-state index is 0.0126. The van der Waals surface area contributed by atoms with Gasteiger partial charge in [0.1, 0.15) is 5.76 Å². The fourth-order valence-corrected chi connectivity index (χ4v) is 0.819. The number of hydrogen-bond donors (Lipinski definition) is 0. The Morgan fingerprint density at radius 1 is 1.36 bits per heavy atom. The number of aldehydes is 1. The Morgan fingerprint density at radius 3 is 2.27 bits per heavy atom. The van der Waals surface area contributed by atoms with E-state index in [0.717, 1.165) is 12.0 Å². The van der Waals surface area contributed by atoms with Gasteiger partial charge in [-0.05, 0) is 12.1 Å². The lowest BCUT2D eigenvalue weighted by Crippen LogP contribution is -2.09. The smallest absolute Gasteiger partial charge is 0.185 e. The molecule has 2 nitrogen and oxygen atoms in total. The van der Waals surface area contributed by atoms with Crippen molar-refractivity contribution in [1.29, 1.82) is 0 Å². The van der Waals surface area contributed by atoms with E-state index in [4.69, 9.17) is 4.42 Å². The molecule has 1 heterocycles. The monoisotopic (exact) mass is 152 g/mol. The summed E-state index contributed by atoms with van der Waals surface area (Å²) in [6, 6.07) is 3.53. The van der Waals surface area contributed by atoms with Gasteiger partial charge in [-0.3, -0.25) is 4.79 Å². The van der Waals surface area contributed by atoms with Gasteiger partial charge in [0.15, 0.2) is 12.0 Å². The minimum Gasteiger partial charge on any atom is -0.458 e. The predicted octanol–water partition coefficient (Wildman–Crippen LogP) is 2.39. The van der Waals surface area contributed by atoms with Gasteiger partial charge in [0.05, 0.1) is 0 Å². The zero-order chi connectivity index (χ0) is 8.48. The van der Waals surface area contributed by atoms with Crippen LogP contribution in [0.25, 0.3) is 0 Å². The molecule has 0 amide bonds. The van der Waals surface area contributed by atoms with Crippen LogP contribution in [0.2, 0.25) is 0 Å². The molecule has 0 N–H and O–H groups in total. The van der Waals surface area contributed by atoms with Gasteiger partial charge in [-0.1, -0.05) is 20.8 Å². The van der Waals surface area contributed by atoms with E-state index in [9.17, 15) is 4.79 Å². The lowest BCUT2D eigenvalue weighted by molar-refractivity contribution is 0.109. The van der Waals surface area contributed by atoms with Crippen molar-refractivity contribution in [3.8, 4) is 0 Å². The van der Waals surface area contributed by atoms with Crippen LogP contribution in [0, 0.1) is 0 Å². The second-order valence-corrected chi connectivity index (χ2v) is 3.57. The number of hydrogen-bond acceptors (Lipinski definition) is 2. The lowest BCUT2D eigenvalue weighted by atomic mass is 9.94. The quantitative estimate of drug-likeness (QED) is 0.578. The van der Waals surface area contributed by atoms with Crippen molar-refractivity contribution in [3.05, 3.63) is 23.7 Å². The lowest BCUT2D eigenvalue weighted by Gasteiger charge is -2.13. The summed E-state index contributed by atoms with van der Waals surface area (Å²) in [5.41, 5.74) is -0.0126. The first-order valence-corrected chi connectivity index (χ1v) is 3.59. The number of rotatable bonds is 1. The summed E-state index contributed by atoms with van der Waals surface area (Å²) in [7, 11) is 0. The first-order chi connectivity index (χ1) is 5.04. The van der Waals surface area contributed by atoms with Crippen molar-refractivity contribution in [2.24, 2.45) is 0 Å². The zero-order valence-electron chi connectivity index (χ0n) is 7.05. The Labute approximate surface area is 66.2 Å². The van der Waals surface area contributed by atoms with E-state index < -0.39 is 0 Å². The van der Waals surface area contributed by atoms with Crippen molar-refractivity contribution in [3.63, 3.8) is 0 Å². The Hall–Kier alpha value is -1.05. The third-order valence-electron chi connectivity index (χ3n) is 1.48. The van der Waals surface area contributed by atoms with Crippen molar-refractivity contribution in [2.45, 2.75) is 26.2 Å². The normalized spacial score (nSPS) is 11.5. The van der Waals surface area contributed by atoms with Crippen LogP contribution in [0.5, 0.6) is 0 Å². The molecule has 0 spiro atoms. The number of carbonyl (C=O) groups excluding carboxylic acids is 1. The molecule has 0 bridgehead atoms. The molecular formula is C9H12O2. The predicted molar refractivity (Wildman–Crippen MR) is 42.8 cm³/mol. The highest BCUT2D eigenvalue weighted by atomic mass is 16.3. The standard InChI is InChI=1S/C9H12O2/c1-9(2,3)8-5-4-7(6-10)11-8/h4-6H,1-3H3. The second kappa shape index (κ2) is 2.53. The molecule has 2 heteroatoms. The van der Waals surface area contributed by atoms with E-state index in [1.54, 1.807) is 6.07 Å². The van der Waals surface area contributed by atoms with Gasteiger partial charge in [0, 0.05) is 5.41 Å². The van der Waals surface area contributed by atoms with E-state index in [1.807, 2.05) is 26.8 Å². The van der Waals surface area contributed by atoms with Crippen molar-refractivity contribution < 1.29 is 9.21 Å². The summed E-state index contributed by atoms with van der Waals surface area (Å²) in [4.78, 5) is 10.3. The summed E-state index contributed by atoms with van der Waals surface area (Å²) in [5, 5.41) is 0. The summed E-state index contributed by atoms with van der Waals surface area (Å²) >= 11 is 0. The average Bonchev–Trinajstić information content (AvgIpc) is 2.32. The van der Waals surface area contributed by atoms with Crippen molar-refractivity contribution >= 4 is 6.29 Å². The summed E-state index contributed by atoms with van der Waals surface area (Å²) in [6.45, 7) is 6.13. The fourth-order valence-electron chi connectivity index (χ4n) is 0.819. The molecule has 0 fully saturated rings. The van der Waals surface area contributed by atoms with Gasteiger partial charge < -0.3 is 4.42 Å². The first kappa shape index (κ1) is 8.05. The molecule has 0 aromatic carbocycles. The van der Waals surface area contributed by atoms with E-state index in [1.165, 1.54) is 0 Å². The van der Waals surface area contributed by atoms with Crippen LogP contribution in [0.15, 0.2) is 16.5 Å². The Balaban J connectivity index is 2.98. The zero-order valence-corrected chi connectivity index (χ0v) is 7.05. The number of carbonyl (C=O) groups is 1. The first-order valence-electron chi connectivity index (χ1n) is 3.59. The highest BCUT2D eigenvalue weighted by molar-refractivity contribution is 5.70. The van der Waals surface area contributed by atoms with E-state index in [2.05, 4.69) is 0 Å². The van der Waals surface area contributed by atoms with Gasteiger partial charge >= 0.3 is 0 Å². The highest BCUT2D eigenvalue weighted by Gasteiger charge is 2.17. The molecular weight excluding hydrogens is 140 g/mol. The van der Waals surface area contributed by atoms with Crippen LogP contribution in [-0.2, 0) is 5.41 Å². The van der Waals surface area contributed by atoms with Crippen LogP contribution in [0.4, 0.5) is 0 Å². The maximum Gasteiger partial charge on any atom is 0.185 e. The van der Waals surface area contributed by atoms with E-state index in [-0.39, 0.29) is 5.41 Å². The third kappa shape index (κ3) is 1.70. The van der Waals surface area contributed by atoms with Crippen molar-refractivity contribution in [1.82, 2.24) is 0 Å². The molecule has 1 aromatic rings. The average molecular weight is 152 g/mol. The van der Waals surface area contributed by atoms with Crippen molar-refractivity contribution in [2.75, 3.05) is 0 Å². The van der Waals surface area contributed by atoms with Gasteiger partial charge in [0.2, 0.25) is 0 Å². The molecule has 1 aromatic heterocycles. The van der Waals surface area contributed by atoms with Gasteiger partial charge in [-0.25, -0.2) is 0 Å². The minimum atomic E-state index is -0.0126. The van der Waals surface area contributed by atoms with Gasteiger partial charge in [-0.2, -0.15) is 0 Å². The molecule has 0 atom stereocenters. The van der Waals surface area contributed by atoms with E-state index >= 15 is 0 Å². The molecule has 11 heavy (non-hydrogen) atoms. The largest absolute Gasteiger partial charge is 0.458 e. The molecule has 1 rings (SSSR count). The highest BCUT2D eigenvalue weighted by Crippen LogP contribution is 2.23. The van der Waals surface area contributed by atoms with Gasteiger partial charge in [0.25, 0.3) is 0 Å². The van der Waals surface area contributed by atoms with Crippen LogP contribution in [0.3, 0.4) is 0 Å². The molecule has 60 valence electrons. The second-order valence-electron chi connectivity index (χ2n) is 3.57. The van der Waals surface area contributed by atoms with E-state index in [0.29, 0.717) is 5.76 Å². The SMILES string of the molecule is CC(C)(C)c1ccc(C=O)o1. The maximum absolute atomic E-state index is 10.3. The molecule has 0 aliphatic heterocycles. The van der Waals surface area contributed by atoms with Crippen LogP contribution < -0.4 is 0 Å². The third-order valence-corrected chi connectivity index (χ3v) is 1.48. The maximum atomic E-state index is 10.3. The topological polar surface area (TPSA) is 30.2 Å².